The zero-order valence-electron chi connectivity index (χ0n) is 11.3. The van der Waals surface area contributed by atoms with Crippen molar-refractivity contribution in [3.05, 3.63) is 35.9 Å². The first kappa shape index (κ1) is 13.5. The van der Waals surface area contributed by atoms with Crippen LogP contribution < -0.4 is 10.2 Å². The molecule has 1 aromatic carbocycles. The first-order chi connectivity index (χ1) is 8.81. The quantitative estimate of drug-likeness (QED) is 0.617. The van der Waals surface area contributed by atoms with Gasteiger partial charge in [-0.1, -0.05) is 30.3 Å². The molecule has 1 fully saturated rings. The van der Waals surface area contributed by atoms with Gasteiger partial charge in [0.25, 0.3) is 0 Å². The van der Waals surface area contributed by atoms with Gasteiger partial charge < -0.3 is 15.3 Å². The molecule has 4 N–H and O–H groups in total. The van der Waals surface area contributed by atoms with Crippen molar-refractivity contribution in [1.29, 1.82) is 0 Å². The molecule has 3 atom stereocenters. The van der Waals surface area contributed by atoms with Gasteiger partial charge in [0.1, 0.15) is 25.2 Å². The Bertz CT molecular complexity index is 342. The Hall–Kier alpha value is -0.900. The van der Waals surface area contributed by atoms with Crippen molar-refractivity contribution in [3.8, 4) is 0 Å². The summed E-state index contributed by atoms with van der Waals surface area (Å²) in [6.45, 7) is 6.76. The van der Waals surface area contributed by atoms with E-state index in [1.165, 1.54) is 25.9 Å². The average molecular weight is 250 g/mol. The van der Waals surface area contributed by atoms with E-state index in [0.717, 1.165) is 24.7 Å². The predicted molar refractivity (Wildman–Crippen MR) is 72.5 cm³/mol. The van der Waals surface area contributed by atoms with Crippen LogP contribution in [0.3, 0.4) is 0 Å². The molecule has 2 rings (SSSR count). The summed E-state index contributed by atoms with van der Waals surface area (Å²) in [4.78, 5) is 1.74. The number of aliphatic hydroxyl groups excluding tert-OH is 1. The molecule has 0 bridgehead atoms. The zero-order valence-corrected chi connectivity index (χ0v) is 11.3. The van der Waals surface area contributed by atoms with Gasteiger partial charge in [0, 0.05) is 12.8 Å². The number of hydrogen-bond donors (Lipinski definition) is 3. The van der Waals surface area contributed by atoms with Crippen LogP contribution in [0.25, 0.3) is 0 Å². The molecule has 0 saturated carbocycles. The maximum atomic E-state index is 10.1. The average Bonchev–Trinajstić information content (AvgIpc) is 2.87. The molecule has 3 nitrogen and oxygen atoms in total. The van der Waals surface area contributed by atoms with Crippen LogP contribution in [0.4, 0.5) is 0 Å². The van der Waals surface area contributed by atoms with Gasteiger partial charge >= 0.3 is 0 Å². The molecule has 1 unspecified atom stereocenters. The number of quaternary nitrogens is 2. The molecule has 0 aliphatic carbocycles. The van der Waals surface area contributed by atoms with E-state index < -0.39 is 0 Å². The van der Waals surface area contributed by atoms with Crippen LogP contribution in [0.15, 0.2) is 30.3 Å². The fourth-order valence-electron chi connectivity index (χ4n) is 3.00. The summed E-state index contributed by atoms with van der Waals surface area (Å²) >= 11 is 0. The summed E-state index contributed by atoms with van der Waals surface area (Å²) in [5.74, 6) is 0. The first-order valence-electron chi connectivity index (χ1n) is 7.20. The maximum Gasteiger partial charge on any atom is 0.137 e. The van der Waals surface area contributed by atoms with Crippen molar-refractivity contribution in [2.45, 2.75) is 31.9 Å². The molecule has 1 aromatic rings. The monoisotopic (exact) mass is 250 g/mol. The maximum absolute atomic E-state index is 10.1. The molecular formula is C15H26N2O+2. The van der Waals surface area contributed by atoms with Crippen molar-refractivity contribution in [3.63, 3.8) is 0 Å². The number of hydrogen-bond acceptors (Lipinski definition) is 1. The second-order valence-corrected chi connectivity index (χ2v) is 5.29. The van der Waals surface area contributed by atoms with Crippen LogP contribution in [-0.2, 0) is 0 Å². The topological polar surface area (TPSA) is 41.3 Å². The van der Waals surface area contributed by atoms with E-state index in [4.69, 9.17) is 0 Å². The molecule has 3 heteroatoms. The predicted octanol–water partition coefficient (Wildman–Crippen LogP) is -0.649. The van der Waals surface area contributed by atoms with Crippen LogP contribution in [0.2, 0.25) is 0 Å². The van der Waals surface area contributed by atoms with E-state index in [1.54, 1.807) is 4.90 Å². The highest BCUT2D eigenvalue weighted by atomic mass is 16.3. The number of likely N-dealkylation sites (N-methyl/N-ethyl adjacent to an activating group) is 1. The SMILES string of the molecule is CC[NH+]1CCC[C@@H]1C[NH2+]C[C@@H](O)c1ccccc1. The minimum atomic E-state index is -0.335. The van der Waals surface area contributed by atoms with E-state index in [-0.39, 0.29) is 6.10 Å². The van der Waals surface area contributed by atoms with Gasteiger partial charge in [-0.2, -0.15) is 0 Å². The highest BCUT2D eigenvalue weighted by Crippen LogP contribution is 2.08. The molecular weight excluding hydrogens is 224 g/mol. The Kier molecular flexibility index (Phi) is 5.17. The lowest BCUT2D eigenvalue weighted by atomic mass is 10.1. The fourth-order valence-corrected chi connectivity index (χ4v) is 3.00. The van der Waals surface area contributed by atoms with Crippen LogP contribution in [-0.4, -0.2) is 37.3 Å². The summed E-state index contributed by atoms with van der Waals surface area (Å²) in [7, 11) is 0. The second-order valence-electron chi connectivity index (χ2n) is 5.29. The highest BCUT2D eigenvalue weighted by Gasteiger charge is 2.28. The van der Waals surface area contributed by atoms with Crippen molar-refractivity contribution in [2.24, 2.45) is 0 Å². The summed E-state index contributed by atoms with van der Waals surface area (Å²) < 4.78 is 0. The standard InChI is InChI=1S/C15H24N2O/c1-2-17-10-6-9-14(17)11-16-12-15(18)13-7-4-3-5-8-13/h3-5,7-8,14-16,18H,2,6,9-12H2,1H3/p+2/t14-,15-/m1/s1. The van der Waals surface area contributed by atoms with Gasteiger partial charge in [-0.05, 0) is 12.5 Å². The number of benzene rings is 1. The molecule has 0 aromatic heterocycles. The molecule has 1 aliphatic heterocycles. The summed E-state index contributed by atoms with van der Waals surface area (Å²) in [6, 6.07) is 10.7. The summed E-state index contributed by atoms with van der Waals surface area (Å²) in [5, 5.41) is 12.4. The third-order valence-corrected chi connectivity index (χ3v) is 4.11. The molecule has 0 amide bonds. The smallest absolute Gasteiger partial charge is 0.137 e. The molecule has 0 spiro atoms. The summed E-state index contributed by atoms with van der Waals surface area (Å²) in [5.41, 5.74) is 1.03. The number of nitrogens with one attached hydrogen (secondary N) is 1. The number of likely N-dealkylation sites (tertiary alicyclic amines) is 1. The van der Waals surface area contributed by atoms with Crippen molar-refractivity contribution in [1.82, 2.24) is 0 Å². The van der Waals surface area contributed by atoms with Crippen LogP contribution in [0.5, 0.6) is 0 Å². The number of aliphatic hydroxyl groups is 1. The minimum absolute atomic E-state index is 0.335. The molecule has 18 heavy (non-hydrogen) atoms. The lowest BCUT2D eigenvalue weighted by molar-refractivity contribution is -0.924. The number of rotatable bonds is 6. The lowest BCUT2D eigenvalue weighted by Gasteiger charge is -2.19. The van der Waals surface area contributed by atoms with Gasteiger partial charge in [0.15, 0.2) is 0 Å². The Balaban J connectivity index is 1.72. The lowest BCUT2D eigenvalue weighted by Crippen LogP contribution is -3.16. The van der Waals surface area contributed by atoms with E-state index in [0.29, 0.717) is 0 Å². The third-order valence-electron chi connectivity index (χ3n) is 4.11. The summed E-state index contributed by atoms with van der Waals surface area (Å²) in [6.07, 6.45) is 2.38. The van der Waals surface area contributed by atoms with Gasteiger partial charge in [-0.25, -0.2) is 0 Å². The molecule has 1 aliphatic rings. The third kappa shape index (κ3) is 3.55. The molecule has 0 radical (unpaired) electrons. The minimum Gasteiger partial charge on any atom is -0.382 e. The van der Waals surface area contributed by atoms with Gasteiger partial charge in [0.05, 0.1) is 13.1 Å². The number of nitrogens with two attached hydrogens (primary N) is 1. The fraction of sp³-hybridized carbons (Fsp3) is 0.600. The van der Waals surface area contributed by atoms with Crippen molar-refractivity contribution in [2.75, 3.05) is 26.2 Å². The van der Waals surface area contributed by atoms with E-state index in [1.807, 2.05) is 30.3 Å². The van der Waals surface area contributed by atoms with Crippen LogP contribution in [0, 0.1) is 0 Å². The van der Waals surface area contributed by atoms with Gasteiger partial charge in [-0.15, -0.1) is 0 Å². The zero-order chi connectivity index (χ0) is 12.8. The Labute approximate surface area is 110 Å². The second kappa shape index (κ2) is 6.88. The first-order valence-corrected chi connectivity index (χ1v) is 7.20. The van der Waals surface area contributed by atoms with Crippen LogP contribution in [0.1, 0.15) is 31.4 Å². The highest BCUT2D eigenvalue weighted by molar-refractivity contribution is 5.16. The van der Waals surface area contributed by atoms with Gasteiger partial charge in [-0.3, -0.25) is 0 Å². The Morgan fingerprint density at radius 1 is 1.39 bits per heavy atom. The normalized spacial score (nSPS) is 25.2. The van der Waals surface area contributed by atoms with E-state index in [2.05, 4.69) is 12.2 Å². The van der Waals surface area contributed by atoms with E-state index in [9.17, 15) is 5.11 Å². The molecule has 1 saturated heterocycles. The molecule has 100 valence electrons. The van der Waals surface area contributed by atoms with Crippen molar-refractivity contribution >= 4 is 0 Å². The Morgan fingerprint density at radius 3 is 2.89 bits per heavy atom. The van der Waals surface area contributed by atoms with Crippen LogP contribution >= 0.6 is 0 Å². The van der Waals surface area contributed by atoms with E-state index >= 15 is 0 Å². The molecule has 1 heterocycles. The largest absolute Gasteiger partial charge is 0.382 e. The van der Waals surface area contributed by atoms with Gasteiger partial charge in [0.2, 0.25) is 0 Å². The Morgan fingerprint density at radius 2 is 2.17 bits per heavy atom. The van der Waals surface area contributed by atoms with Crippen molar-refractivity contribution < 1.29 is 15.3 Å².